The van der Waals surface area contributed by atoms with Crippen molar-refractivity contribution in [3.05, 3.63) is 54.6 Å². The number of nitrogens with zero attached hydrogens (tertiary/aromatic N) is 2. The van der Waals surface area contributed by atoms with Crippen LogP contribution in [0.25, 0.3) is 11.5 Å². The Balaban J connectivity index is 1.50. The number of hydrogen-bond donors (Lipinski definition) is 1. The van der Waals surface area contributed by atoms with E-state index in [1.54, 1.807) is 12.1 Å². The minimum Gasteiger partial charge on any atom is -0.411 e. The number of carbonyl (C=O) groups is 1. The minimum atomic E-state index is -2.47. The van der Waals surface area contributed by atoms with Gasteiger partial charge in [-0.1, -0.05) is 41.7 Å². The van der Waals surface area contributed by atoms with Crippen LogP contribution in [-0.4, -0.2) is 27.6 Å². The van der Waals surface area contributed by atoms with E-state index in [0.29, 0.717) is 33.5 Å². The summed E-state index contributed by atoms with van der Waals surface area (Å²) in [6, 6.07) is 15.5. The summed E-state index contributed by atoms with van der Waals surface area (Å²) in [4.78, 5) is 12.4. The molecule has 2 aromatic carbocycles. The summed E-state index contributed by atoms with van der Waals surface area (Å²) in [5.41, 5.74) is 1.34. The molecule has 9 heteroatoms. The van der Waals surface area contributed by atoms with E-state index in [-0.39, 0.29) is 11.7 Å². The zero-order chi connectivity index (χ0) is 18.4. The quantitative estimate of drug-likeness (QED) is 0.583. The number of hydrogen-bond acceptors (Lipinski definition) is 6. The molecule has 1 heterocycles. The van der Waals surface area contributed by atoms with E-state index < -0.39 is 5.76 Å². The Kier molecular flexibility index (Phi) is 6.24. The van der Waals surface area contributed by atoms with E-state index >= 15 is 0 Å². The zero-order valence-corrected chi connectivity index (χ0v) is 14.9. The Morgan fingerprint density at radius 1 is 1.08 bits per heavy atom. The Morgan fingerprint density at radius 2 is 1.81 bits per heavy atom. The van der Waals surface area contributed by atoms with Gasteiger partial charge in [0.15, 0.2) is 0 Å². The van der Waals surface area contributed by atoms with Gasteiger partial charge in [-0.15, -0.1) is 10.2 Å². The van der Waals surface area contributed by atoms with Crippen LogP contribution in [0.3, 0.4) is 0 Å². The number of aromatic nitrogens is 2. The van der Waals surface area contributed by atoms with Crippen LogP contribution in [0.4, 0.5) is 14.5 Å². The number of rotatable bonds is 7. The van der Waals surface area contributed by atoms with Crippen LogP contribution < -0.4 is 5.32 Å². The highest BCUT2D eigenvalue weighted by Gasteiger charge is 2.11. The van der Waals surface area contributed by atoms with Gasteiger partial charge in [-0.05, 0) is 36.4 Å². The summed E-state index contributed by atoms with van der Waals surface area (Å²) in [5, 5.41) is 10.8. The average molecular weight is 393 g/mol. The lowest BCUT2D eigenvalue weighted by Crippen LogP contribution is -2.13. The van der Waals surface area contributed by atoms with Crippen LogP contribution in [0.5, 0.6) is 0 Å². The van der Waals surface area contributed by atoms with Gasteiger partial charge in [-0.2, -0.15) is 8.78 Å². The van der Waals surface area contributed by atoms with Crippen LogP contribution in [0.1, 0.15) is 0 Å². The van der Waals surface area contributed by atoms with Gasteiger partial charge in [0, 0.05) is 16.1 Å². The first-order valence-electron chi connectivity index (χ1n) is 7.46. The number of carbonyl (C=O) groups excluding carboxylic acids is 1. The van der Waals surface area contributed by atoms with Crippen molar-refractivity contribution in [3.8, 4) is 11.5 Å². The molecular formula is C17H13F2N3O2S2. The van der Waals surface area contributed by atoms with Gasteiger partial charge in [-0.25, -0.2) is 0 Å². The molecule has 0 radical (unpaired) electrons. The van der Waals surface area contributed by atoms with Gasteiger partial charge in [-0.3, -0.25) is 4.79 Å². The molecule has 0 bridgehead atoms. The molecule has 3 aromatic rings. The van der Waals surface area contributed by atoms with Gasteiger partial charge in [0.2, 0.25) is 11.8 Å². The molecule has 134 valence electrons. The van der Waals surface area contributed by atoms with Gasteiger partial charge in [0.1, 0.15) is 0 Å². The fourth-order valence-corrected chi connectivity index (χ4v) is 3.07. The first kappa shape index (κ1) is 18.4. The maximum Gasteiger partial charge on any atom is 0.288 e. The summed E-state index contributed by atoms with van der Waals surface area (Å²) in [7, 11) is 0. The van der Waals surface area contributed by atoms with Crippen LogP contribution >= 0.6 is 23.5 Å². The Labute approximate surface area is 156 Å². The lowest BCUT2D eigenvalue weighted by atomic mass is 10.2. The number of alkyl halides is 2. The predicted molar refractivity (Wildman–Crippen MR) is 97.4 cm³/mol. The maximum atomic E-state index is 12.3. The second-order valence-electron chi connectivity index (χ2n) is 4.98. The summed E-state index contributed by atoms with van der Waals surface area (Å²) >= 11 is 1.58. The molecule has 0 unspecified atom stereocenters. The van der Waals surface area contributed by atoms with Crippen molar-refractivity contribution in [1.29, 1.82) is 0 Å². The highest BCUT2D eigenvalue weighted by Crippen LogP contribution is 2.26. The molecule has 26 heavy (non-hydrogen) atoms. The summed E-state index contributed by atoms with van der Waals surface area (Å²) < 4.78 is 30.1. The highest BCUT2D eigenvalue weighted by atomic mass is 32.2. The van der Waals surface area contributed by atoms with Crippen molar-refractivity contribution in [1.82, 2.24) is 10.2 Å². The van der Waals surface area contributed by atoms with Crippen molar-refractivity contribution in [2.75, 3.05) is 11.1 Å². The second-order valence-corrected chi connectivity index (χ2v) is 6.97. The molecule has 1 aromatic heterocycles. The van der Waals surface area contributed by atoms with Crippen LogP contribution in [0.15, 0.2) is 69.1 Å². The number of anilines is 1. The number of thioether (sulfide) groups is 2. The molecule has 1 N–H and O–H groups in total. The van der Waals surface area contributed by atoms with Crippen molar-refractivity contribution in [3.63, 3.8) is 0 Å². The molecular weight excluding hydrogens is 380 g/mol. The molecule has 0 fully saturated rings. The van der Waals surface area contributed by atoms with Crippen LogP contribution in [0, 0.1) is 0 Å². The molecule has 0 atom stereocenters. The van der Waals surface area contributed by atoms with Gasteiger partial charge in [0.25, 0.3) is 11.0 Å². The third-order valence-electron chi connectivity index (χ3n) is 3.12. The summed E-state index contributed by atoms with van der Waals surface area (Å²) in [6.45, 7) is 0. The lowest BCUT2D eigenvalue weighted by molar-refractivity contribution is -0.113. The van der Waals surface area contributed by atoms with Gasteiger partial charge in [0.05, 0.1) is 5.75 Å². The van der Waals surface area contributed by atoms with Crippen LogP contribution in [0.2, 0.25) is 0 Å². The predicted octanol–water partition coefficient (Wildman–Crippen LogP) is 4.78. The van der Waals surface area contributed by atoms with Crippen molar-refractivity contribution >= 4 is 35.1 Å². The smallest absolute Gasteiger partial charge is 0.288 e. The van der Waals surface area contributed by atoms with Crippen molar-refractivity contribution in [2.45, 2.75) is 15.9 Å². The summed E-state index contributed by atoms with van der Waals surface area (Å²) in [5.74, 6) is -2.25. The second kappa shape index (κ2) is 8.81. The van der Waals surface area contributed by atoms with E-state index in [2.05, 4.69) is 15.5 Å². The van der Waals surface area contributed by atoms with E-state index in [9.17, 15) is 13.6 Å². The van der Waals surface area contributed by atoms with Crippen LogP contribution in [-0.2, 0) is 4.79 Å². The summed E-state index contributed by atoms with van der Waals surface area (Å²) in [6.07, 6.45) is 0. The van der Waals surface area contributed by atoms with E-state index in [0.717, 1.165) is 17.3 Å². The molecule has 0 aliphatic rings. The fourth-order valence-electron chi connectivity index (χ4n) is 2.01. The molecule has 0 saturated heterocycles. The molecule has 0 aliphatic carbocycles. The van der Waals surface area contributed by atoms with E-state index in [1.807, 2.05) is 30.3 Å². The SMILES string of the molecule is O=C(CSc1nnc(-c2ccccc2)o1)Nc1ccc(SC(F)F)cc1. The Bertz CT molecular complexity index is 858. The zero-order valence-electron chi connectivity index (χ0n) is 13.3. The average Bonchev–Trinajstić information content (AvgIpc) is 3.11. The minimum absolute atomic E-state index is 0.0873. The third kappa shape index (κ3) is 5.30. The van der Waals surface area contributed by atoms with Crippen molar-refractivity contribution in [2.24, 2.45) is 0 Å². The highest BCUT2D eigenvalue weighted by molar-refractivity contribution is 7.99. The normalized spacial score (nSPS) is 10.9. The number of halogens is 2. The first-order chi connectivity index (χ1) is 12.6. The van der Waals surface area contributed by atoms with Crippen molar-refractivity contribution < 1.29 is 18.0 Å². The van der Waals surface area contributed by atoms with E-state index in [4.69, 9.17) is 4.42 Å². The molecule has 5 nitrogen and oxygen atoms in total. The largest absolute Gasteiger partial charge is 0.411 e. The molecule has 0 spiro atoms. The Hall–Kier alpha value is -2.39. The first-order valence-corrected chi connectivity index (χ1v) is 9.33. The molecule has 3 rings (SSSR count). The number of benzene rings is 2. The molecule has 0 aliphatic heterocycles. The van der Waals surface area contributed by atoms with E-state index in [1.165, 1.54) is 12.1 Å². The number of amides is 1. The maximum absolute atomic E-state index is 12.3. The van der Waals surface area contributed by atoms with Gasteiger partial charge < -0.3 is 9.73 Å². The third-order valence-corrected chi connectivity index (χ3v) is 4.66. The molecule has 0 saturated carbocycles. The topological polar surface area (TPSA) is 68.0 Å². The Morgan fingerprint density at radius 3 is 2.50 bits per heavy atom. The monoisotopic (exact) mass is 393 g/mol. The standard InChI is InChI=1S/C17H13F2N3O2S2/c18-16(19)26-13-8-6-12(7-9-13)20-14(23)10-25-17-22-21-15(24-17)11-4-2-1-3-5-11/h1-9,16H,10H2,(H,20,23). The fraction of sp³-hybridized carbons (Fsp3) is 0.118. The number of nitrogens with one attached hydrogen (secondary N) is 1. The molecule has 1 amide bonds. The lowest BCUT2D eigenvalue weighted by Gasteiger charge is -2.05. The van der Waals surface area contributed by atoms with Gasteiger partial charge >= 0.3 is 0 Å².